The summed E-state index contributed by atoms with van der Waals surface area (Å²) in [4.78, 5) is 2.55. The van der Waals surface area contributed by atoms with Gasteiger partial charge in [0, 0.05) is 38.2 Å². The Morgan fingerprint density at radius 2 is 1.89 bits per heavy atom. The summed E-state index contributed by atoms with van der Waals surface area (Å²) >= 11 is 0. The van der Waals surface area contributed by atoms with Gasteiger partial charge >= 0.3 is 0 Å². The number of benzene rings is 3. The van der Waals surface area contributed by atoms with E-state index in [0.29, 0.717) is 5.92 Å². The number of hydrogen-bond acceptors (Lipinski definition) is 4. The first kappa shape index (κ1) is 26.2. The van der Waals surface area contributed by atoms with Gasteiger partial charge in [-0.05, 0) is 73.1 Å². The summed E-state index contributed by atoms with van der Waals surface area (Å²) < 4.78 is 8.31. The minimum absolute atomic E-state index is 0.166. The zero-order valence-corrected chi connectivity index (χ0v) is 23.7. The highest BCUT2D eigenvalue weighted by molar-refractivity contribution is 5.79. The van der Waals surface area contributed by atoms with Gasteiger partial charge in [-0.25, -0.2) is 4.68 Å². The van der Waals surface area contributed by atoms with E-state index in [1.165, 1.54) is 39.0 Å². The maximum Gasteiger partial charge on any atom is 0.124 e. The topological polar surface area (TPSA) is 43.2 Å². The lowest BCUT2D eigenvalue weighted by Gasteiger charge is -2.27. The molecule has 5 heteroatoms. The molecule has 5 nitrogen and oxygen atoms in total. The second-order valence-electron chi connectivity index (χ2n) is 11.4. The molecule has 2 heterocycles. The van der Waals surface area contributed by atoms with Gasteiger partial charge < -0.3 is 4.74 Å². The highest BCUT2D eigenvalue weighted by Gasteiger charge is 2.26. The van der Waals surface area contributed by atoms with Crippen molar-refractivity contribution in [1.82, 2.24) is 19.9 Å². The van der Waals surface area contributed by atoms with E-state index in [1.807, 2.05) is 11.7 Å². The van der Waals surface area contributed by atoms with Gasteiger partial charge in [0.1, 0.15) is 17.4 Å². The fraction of sp³-hybridized carbons (Fsp3) is 0.394. The van der Waals surface area contributed by atoms with Crippen molar-refractivity contribution < 1.29 is 4.74 Å². The molecule has 0 saturated carbocycles. The summed E-state index contributed by atoms with van der Waals surface area (Å²) in [5.74, 6) is 1.68. The number of aromatic nitrogens is 3. The van der Waals surface area contributed by atoms with Crippen molar-refractivity contribution in [3.05, 3.63) is 100 Å². The van der Waals surface area contributed by atoms with Gasteiger partial charge in [-0.15, -0.1) is 11.7 Å². The third kappa shape index (κ3) is 5.25. The maximum atomic E-state index is 6.47. The Labute approximate surface area is 227 Å². The molecule has 198 valence electrons. The van der Waals surface area contributed by atoms with Crippen molar-refractivity contribution in [2.24, 2.45) is 13.0 Å². The van der Waals surface area contributed by atoms with E-state index in [-0.39, 0.29) is 12.0 Å². The van der Waals surface area contributed by atoms with Crippen molar-refractivity contribution in [1.29, 1.82) is 0 Å². The molecule has 5 rings (SSSR count). The van der Waals surface area contributed by atoms with Gasteiger partial charge in [0.15, 0.2) is 0 Å². The fourth-order valence-corrected chi connectivity index (χ4v) is 5.68. The predicted molar refractivity (Wildman–Crippen MR) is 156 cm³/mol. The summed E-state index contributed by atoms with van der Waals surface area (Å²) in [6.07, 6.45) is 1.06. The SMILES string of the molecule is C=C(C)CC(c1ccc(C)c(CN2Cc3ccccc3OC(C(C)C)C2)c1)c1ccc2c(nnn2C)c1C. The summed E-state index contributed by atoms with van der Waals surface area (Å²) in [5, 5.41) is 8.72. The van der Waals surface area contributed by atoms with Crippen molar-refractivity contribution >= 4 is 11.0 Å². The zero-order valence-electron chi connectivity index (χ0n) is 23.7. The normalized spacial score (nSPS) is 16.8. The molecule has 1 aromatic heterocycles. The number of rotatable bonds is 7. The van der Waals surface area contributed by atoms with Crippen LogP contribution in [0.25, 0.3) is 11.0 Å². The van der Waals surface area contributed by atoms with Crippen LogP contribution < -0.4 is 4.74 Å². The number of hydrogen-bond donors (Lipinski definition) is 0. The zero-order chi connectivity index (χ0) is 27.0. The van der Waals surface area contributed by atoms with Crippen LogP contribution in [0.4, 0.5) is 0 Å². The lowest BCUT2D eigenvalue weighted by molar-refractivity contribution is 0.106. The van der Waals surface area contributed by atoms with Crippen LogP contribution in [0.3, 0.4) is 0 Å². The third-order valence-electron chi connectivity index (χ3n) is 8.00. The van der Waals surface area contributed by atoms with Crippen molar-refractivity contribution in [2.75, 3.05) is 6.54 Å². The van der Waals surface area contributed by atoms with Gasteiger partial charge in [0.25, 0.3) is 0 Å². The van der Waals surface area contributed by atoms with E-state index in [2.05, 4.69) is 111 Å². The van der Waals surface area contributed by atoms with Crippen molar-refractivity contribution in [2.45, 2.75) is 66.2 Å². The molecule has 0 bridgehead atoms. The minimum atomic E-state index is 0.166. The molecule has 0 saturated heterocycles. The van der Waals surface area contributed by atoms with E-state index in [4.69, 9.17) is 4.74 Å². The quantitative estimate of drug-likeness (QED) is 0.250. The number of fused-ring (bicyclic) bond motifs is 2. The van der Waals surface area contributed by atoms with Crippen LogP contribution in [-0.4, -0.2) is 32.5 Å². The molecular weight excluding hydrogens is 468 g/mol. The van der Waals surface area contributed by atoms with E-state index in [1.54, 1.807) is 0 Å². The molecule has 38 heavy (non-hydrogen) atoms. The van der Waals surface area contributed by atoms with E-state index in [0.717, 1.165) is 42.8 Å². The summed E-state index contributed by atoms with van der Waals surface area (Å²) in [6.45, 7) is 18.0. The molecule has 0 N–H and O–H groups in total. The molecule has 0 fully saturated rings. The fourth-order valence-electron chi connectivity index (χ4n) is 5.68. The second-order valence-corrected chi connectivity index (χ2v) is 11.4. The molecule has 0 radical (unpaired) electrons. The number of allylic oxidation sites excluding steroid dienone is 1. The van der Waals surface area contributed by atoms with Crippen LogP contribution in [0, 0.1) is 19.8 Å². The molecular formula is C33H40N4O. The number of ether oxygens (including phenoxy) is 1. The van der Waals surface area contributed by atoms with Gasteiger partial charge in [-0.2, -0.15) is 0 Å². The molecule has 1 aliphatic heterocycles. The Kier molecular flexibility index (Phi) is 7.40. The predicted octanol–water partition coefficient (Wildman–Crippen LogP) is 7.10. The lowest BCUT2D eigenvalue weighted by Crippen LogP contribution is -2.36. The number of nitrogens with zero attached hydrogens (tertiary/aromatic N) is 4. The lowest BCUT2D eigenvalue weighted by atomic mass is 9.83. The van der Waals surface area contributed by atoms with Crippen molar-refractivity contribution in [3.63, 3.8) is 0 Å². The largest absolute Gasteiger partial charge is 0.488 e. The molecule has 2 unspecified atom stereocenters. The van der Waals surface area contributed by atoms with E-state index >= 15 is 0 Å². The van der Waals surface area contributed by atoms with Crippen LogP contribution in [-0.2, 0) is 20.1 Å². The molecule has 2 atom stereocenters. The standard InChI is InChI=1S/C33H40N4O/c1-21(2)16-29(28-14-15-30-33(24(28)6)34-35-36(30)7)25-13-12-23(5)27(17-25)19-37-18-26-10-8-9-11-31(26)38-32(20-37)22(3)4/h8-15,17,22,29,32H,1,16,18-20H2,2-7H3. The first-order valence-corrected chi connectivity index (χ1v) is 13.7. The smallest absolute Gasteiger partial charge is 0.124 e. The number of para-hydroxylation sites is 1. The van der Waals surface area contributed by atoms with Gasteiger partial charge in [0.05, 0.1) is 5.52 Å². The van der Waals surface area contributed by atoms with Crippen molar-refractivity contribution in [3.8, 4) is 5.75 Å². The monoisotopic (exact) mass is 508 g/mol. The summed E-state index contributed by atoms with van der Waals surface area (Å²) in [6, 6.07) is 19.9. The maximum absolute atomic E-state index is 6.47. The molecule has 0 amide bonds. The molecule has 0 aliphatic carbocycles. The highest BCUT2D eigenvalue weighted by Crippen LogP contribution is 2.36. The Balaban J connectivity index is 1.50. The van der Waals surface area contributed by atoms with Gasteiger partial charge in [-0.3, -0.25) is 4.90 Å². The van der Waals surface area contributed by atoms with Crippen LogP contribution >= 0.6 is 0 Å². The van der Waals surface area contributed by atoms with Crippen LogP contribution in [0.5, 0.6) is 5.75 Å². The molecule has 1 aliphatic rings. The molecule has 0 spiro atoms. The average Bonchev–Trinajstić information content (AvgIpc) is 3.15. The Morgan fingerprint density at radius 1 is 1.11 bits per heavy atom. The second kappa shape index (κ2) is 10.7. The Bertz CT molecular complexity index is 1470. The minimum Gasteiger partial charge on any atom is -0.488 e. The third-order valence-corrected chi connectivity index (χ3v) is 8.00. The van der Waals surface area contributed by atoms with Gasteiger partial charge in [-0.1, -0.05) is 67.1 Å². The van der Waals surface area contributed by atoms with E-state index < -0.39 is 0 Å². The van der Waals surface area contributed by atoms with Crippen LogP contribution in [0.15, 0.2) is 66.7 Å². The van der Waals surface area contributed by atoms with Crippen LogP contribution in [0.1, 0.15) is 66.5 Å². The molecule has 4 aromatic rings. The van der Waals surface area contributed by atoms with Gasteiger partial charge in [0.2, 0.25) is 0 Å². The first-order valence-electron chi connectivity index (χ1n) is 13.7. The summed E-state index contributed by atoms with van der Waals surface area (Å²) in [7, 11) is 1.95. The molecule has 3 aromatic carbocycles. The van der Waals surface area contributed by atoms with E-state index in [9.17, 15) is 0 Å². The van der Waals surface area contributed by atoms with Crippen LogP contribution in [0.2, 0.25) is 0 Å². The average molecular weight is 509 g/mol. The highest BCUT2D eigenvalue weighted by atomic mass is 16.5. The Morgan fingerprint density at radius 3 is 2.66 bits per heavy atom. The Hall–Kier alpha value is -3.44. The number of aryl methyl sites for hydroxylation is 3. The first-order chi connectivity index (χ1) is 18.2. The summed E-state index contributed by atoms with van der Waals surface area (Å²) in [5.41, 5.74) is 11.0.